The van der Waals surface area contributed by atoms with E-state index in [1.807, 2.05) is 25.1 Å². The van der Waals surface area contributed by atoms with E-state index in [1.165, 1.54) is 11.5 Å². The molecule has 0 fully saturated rings. The van der Waals surface area contributed by atoms with Crippen molar-refractivity contribution in [3.8, 4) is 5.75 Å². The first-order valence-corrected chi connectivity index (χ1v) is 6.97. The normalized spacial score (nSPS) is 12.4. The summed E-state index contributed by atoms with van der Waals surface area (Å²) in [4.78, 5) is 0.803. The lowest BCUT2D eigenvalue weighted by atomic mass is 10.1. The fraction of sp³-hybridized carbons (Fsp3) is 0.333. The molecule has 0 aliphatic rings. The molecule has 96 valence electrons. The topological polar surface area (TPSA) is 55.2 Å². The summed E-state index contributed by atoms with van der Waals surface area (Å²) < 4.78 is 10.1. The van der Waals surface area contributed by atoms with Gasteiger partial charge >= 0.3 is 0 Å². The van der Waals surface area contributed by atoms with Gasteiger partial charge in [-0.25, -0.2) is 0 Å². The summed E-state index contributed by atoms with van der Waals surface area (Å²) in [6.45, 7) is 1.85. The predicted molar refractivity (Wildman–Crippen MR) is 74.0 cm³/mol. The van der Waals surface area contributed by atoms with Gasteiger partial charge in [-0.05, 0) is 42.2 Å². The maximum absolute atomic E-state index is 10.2. The molecule has 2 aromatic rings. The van der Waals surface area contributed by atoms with Crippen LogP contribution in [0.5, 0.6) is 5.75 Å². The van der Waals surface area contributed by atoms with Gasteiger partial charge in [0.15, 0.2) is 0 Å². The lowest BCUT2D eigenvalue weighted by Gasteiger charge is -2.12. The van der Waals surface area contributed by atoms with Gasteiger partial charge in [-0.3, -0.25) is 0 Å². The molecular weight excluding hydrogens is 316 g/mol. The number of aryl methyl sites for hydroxylation is 1. The number of methoxy groups -OCH3 is 1. The van der Waals surface area contributed by atoms with Crippen molar-refractivity contribution in [1.82, 2.24) is 9.59 Å². The van der Waals surface area contributed by atoms with Gasteiger partial charge in [0.25, 0.3) is 0 Å². The third kappa shape index (κ3) is 2.88. The molecule has 0 saturated carbocycles. The Kier molecular flexibility index (Phi) is 4.31. The maximum atomic E-state index is 10.2. The van der Waals surface area contributed by atoms with Crippen molar-refractivity contribution >= 4 is 27.5 Å². The zero-order chi connectivity index (χ0) is 13.1. The van der Waals surface area contributed by atoms with Crippen LogP contribution in [0.15, 0.2) is 22.7 Å². The number of aliphatic hydroxyl groups excluding tert-OH is 1. The Morgan fingerprint density at radius 2 is 2.28 bits per heavy atom. The molecule has 0 saturated heterocycles. The number of aliphatic hydroxyl groups is 1. The minimum atomic E-state index is -0.604. The van der Waals surface area contributed by atoms with E-state index in [-0.39, 0.29) is 0 Å². The summed E-state index contributed by atoms with van der Waals surface area (Å²) >= 11 is 4.65. The highest BCUT2D eigenvalue weighted by Crippen LogP contribution is 2.29. The third-order valence-electron chi connectivity index (χ3n) is 2.64. The third-order valence-corrected chi connectivity index (χ3v) is 4.07. The van der Waals surface area contributed by atoms with E-state index < -0.39 is 6.10 Å². The van der Waals surface area contributed by atoms with Crippen LogP contribution in [0, 0.1) is 6.92 Å². The van der Waals surface area contributed by atoms with E-state index in [4.69, 9.17) is 4.74 Å². The Labute approximate surface area is 118 Å². The largest absolute Gasteiger partial charge is 0.496 e. The van der Waals surface area contributed by atoms with Gasteiger partial charge < -0.3 is 9.84 Å². The Morgan fingerprint density at radius 1 is 1.50 bits per heavy atom. The van der Waals surface area contributed by atoms with Gasteiger partial charge in [0.1, 0.15) is 5.75 Å². The first-order chi connectivity index (χ1) is 8.61. The fourth-order valence-electron chi connectivity index (χ4n) is 1.75. The first kappa shape index (κ1) is 13.5. The molecule has 6 heteroatoms. The molecular formula is C12H13BrN2O2S. The molecule has 4 nitrogen and oxygen atoms in total. The average molecular weight is 329 g/mol. The number of nitrogens with zero attached hydrogens (tertiary/aromatic N) is 2. The predicted octanol–water partition coefficient (Wildman–Crippen LogP) is 2.89. The van der Waals surface area contributed by atoms with Crippen LogP contribution in [0.2, 0.25) is 0 Å². The van der Waals surface area contributed by atoms with Gasteiger partial charge in [0.2, 0.25) is 0 Å². The minimum absolute atomic E-state index is 0.479. The highest BCUT2D eigenvalue weighted by molar-refractivity contribution is 9.10. The van der Waals surface area contributed by atoms with E-state index >= 15 is 0 Å². The van der Waals surface area contributed by atoms with Crippen LogP contribution in [0.4, 0.5) is 0 Å². The smallest absolute Gasteiger partial charge is 0.122 e. The summed E-state index contributed by atoms with van der Waals surface area (Å²) in [6.07, 6.45) is -0.124. The molecule has 0 aliphatic heterocycles. The molecule has 0 radical (unpaired) electrons. The Hall–Kier alpha value is -0.980. The monoisotopic (exact) mass is 328 g/mol. The second kappa shape index (κ2) is 5.77. The first-order valence-electron chi connectivity index (χ1n) is 5.41. The molecule has 1 aromatic heterocycles. The second-order valence-electron chi connectivity index (χ2n) is 3.90. The van der Waals surface area contributed by atoms with Gasteiger partial charge in [-0.15, -0.1) is 5.10 Å². The molecule has 1 unspecified atom stereocenters. The van der Waals surface area contributed by atoms with Crippen LogP contribution in [0.25, 0.3) is 0 Å². The van der Waals surface area contributed by atoms with Gasteiger partial charge in [0, 0.05) is 10.9 Å². The van der Waals surface area contributed by atoms with Gasteiger partial charge in [-0.2, -0.15) is 0 Å². The van der Waals surface area contributed by atoms with E-state index in [2.05, 4.69) is 25.5 Å². The maximum Gasteiger partial charge on any atom is 0.122 e. The zero-order valence-corrected chi connectivity index (χ0v) is 12.5. The molecule has 18 heavy (non-hydrogen) atoms. The Morgan fingerprint density at radius 3 is 2.89 bits per heavy atom. The lowest BCUT2D eigenvalue weighted by molar-refractivity contribution is 0.180. The summed E-state index contributed by atoms with van der Waals surface area (Å²) in [7, 11) is 1.62. The summed E-state index contributed by atoms with van der Waals surface area (Å²) in [5, 5.41) is 14.1. The molecule has 1 aromatic carbocycles. The van der Waals surface area contributed by atoms with Crippen molar-refractivity contribution in [3.05, 3.63) is 38.8 Å². The average Bonchev–Trinajstić information content (AvgIpc) is 2.76. The van der Waals surface area contributed by atoms with Crippen molar-refractivity contribution in [2.24, 2.45) is 0 Å². The standard InChI is InChI=1S/C12H13BrN2O2S/c1-7-12(18-15-14-7)10(16)6-8-5-9(13)3-4-11(8)17-2/h3-5,10,16H,6H2,1-2H3. The van der Waals surface area contributed by atoms with Crippen LogP contribution >= 0.6 is 27.5 Å². The lowest BCUT2D eigenvalue weighted by Crippen LogP contribution is -2.03. The molecule has 0 aliphatic carbocycles. The SMILES string of the molecule is COc1ccc(Br)cc1CC(O)c1snnc1C. The molecule has 1 atom stereocenters. The van der Waals surface area contributed by atoms with Crippen LogP contribution in [-0.2, 0) is 6.42 Å². The number of ether oxygens (including phenoxy) is 1. The highest BCUT2D eigenvalue weighted by atomic mass is 79.9. The van der Waals surface area contributed by atoms with Crippen molar-refractivity contribution in [2.75, 3.05) is 7.11 Å². The quantitative estimate of drug-likeness (QED) is 0.937. The van der Waals surface area contributed by atoms with Crippen molar-refractivity contribution in [3.63, 3.8) is 0 Å². The van der Waals surface area contributed by atoms with Crippen molar-refractivity contribution < 1.29 is 9.84 Å². The number of hydrogen-bond acceptors (Lipinski definition) is 5. The second-order valence-corrected chi connectivity index (χ2v) is 5.60. The molecule has 0 spiro atoms. The van der Waals surface area contributed by atoms with Gasteiger partial charge in [-0.1, -0.05) is 20.4 Å². The van der Waals surface area contributed by atoms with Crippen molar-refractivity contribution in [2.45, 2.75) is 19.4 Å². The molecule has 0 bridgehead atoms. The minimum Gasteiger partial charge on any atom is -0.496 e. The molecule has 1 heterocycles. The number of hydrogen-bond donors (Lipinski definition) is 1. The molecule has 2 rings (SSSR count). The number of rotatable bonds is 4. The van der Waals surface area contributed by atoms with E-state index in [0.29, 0.717) is 6.42 Å². The summed E-state index contributed by atoms with van der Waals surface area (Å²) in [5.74, 6) is 0.771. The highest BCUT2D eigenvalue weighted by Gasteiger charge is 2.17. The molecule has 0 amide bonds. The number of halogens is 1. The van der Waals surface area contributed by atoms with Gasteiger partial charge in [0.05, 0.1) is 23.8 Å². The Bertz CT molecular complexity index is 545. The fourth-order valence-corrected chi connectivity index (χ4v) is 2.79. The van der Waals surface area contributed by atoms with Crippen LogP contribution in [0.1, 0.15) is 22.2 Å². The number of aromatic nitrogens is 2. The summed E-state index contributed by atoms with van der Waals surface area (Å²) in [5.41, 5.74) is 1.73. The Balaban J connectivity index is 2.23. The van der Waals surface area contributed by atoms with Crippen LogP contribution in [-0.4, -0.2) is 21.8 Å². The van der Waals surface area contributed by atoms with Crippen molar-refractivity contribution in [1.29, 1.82) is 0 Å². The summed E-state index contributed by atoms with van der Waals surface area (Å²) in [6, 6.07) is 5.74. The van der Waals surface area contributed by atoms with Crippen LogP contribution < -0.4 is 4.74 Å². The zero-order valence-electron chi connectivity index (χ0n) is 10.1. The van der Waals surface area contributed by atoms with E-state index in [0.717, 1.165) is 26.4 Å². The van der Waals surface area contributed by atoms with Crippen LogP contribution in [0.3, 0.4) is 0 Å². The molecule has 1 N–H and O–H groups in total. The van der Waals surface area contributed by atoms with E-state index in [1.54, 1.807) is 7.11 Å². The van der Waals surface area contributed by atoms with E-state index in [9.17, 15) is 5.11 Å². The number of benzene rings is 1.